The minimum absolute atomic E-state index is 0.0301. The van der Waals surface area contributed by atoms with E-state index in [4.69, 9.17) is 0 Å². The Hall–Kier alpha value is -2.34. The second kappa shape index (κ2) is 7.49. The molecule has 0 heterocycles. The van der Waals surface area contributed by atoms with Gasteiger partial charge in [0.05, 0.1) is 5.56 Å². The van der Waals surface area contributed by atoms with Crippen molar-refractivity contribution in [2.24, 2.45) is 0 Å². The van der Waals surface area contributed by atoms with Gasteiger partial charge in [0.25, 0.3) is 0 Å². The molecular formula is C18H19F3N2O. The van der Waals surface area contributed by atoms with E-state index in [2.05, 4.69) is 10.6 Å². The third-order valence-corrected chi connectivity index (χ3v) is 3.35. The van der Waals surface area contributed by atoms with E-state index < -0.39 is 23.7 Å². The predicted molar refractivity (Wildman–Crippen MR) is 87.5 cm³/mol. The van der Waals surface area contributed by atoms with Crippen molar-refractivity contribution in [3.8, 4) is 0 Å². The van der Waals surface area contributed by atoms with Crippen molar-refractivity contribution in [1.82, 2.24) is 5.32 Å². The van der Waals surface area contributed by atoms with Gasteiger partial charge in [0.2, 0.25) is 5.91 Å². The van der Waals surface area contributed by atoms with Crippen molar-refractivity contribution in [3.63, 3.8) is 0 Å². The Morgan fingerprint density at radius 1 is 1.00 bits per heavy atom. The number of hydrogen-bond acceptors (Lipinski definition) is 2. The zero-order valence-corrected chi connectivity index (χ0v) is 13.4. The summed E-state index contributed by atoms with van der Waals surface area (Å²) in [5, 5.41) is 5.68. The minimum Gasteiger partial charge on any atom is -0.324 e. The fraction of sp³-hybridized carbons (Fsp3) is 0.278. The van der Waals surface area contributed by atoms with Crippen LogP contribution in [0.25, 0.3) is 0 Å². The molecule has 1 amide bonds. The summed E-state index contributed by atoms with van der Waals surface area (Å²) in [6.45, 7) is 3.79. The Labute approximate surface area is 138 Å². The fourth-order valence-electron chi connectivity index (χ4n) is 2.29. The van der Waals surface area contributed by atoms with Gasteiger partial charge >= 0.3 is 6.18 Å². The van der Waals surface area contributed by atoms with Gasteiger partial charge in [-0.2, -0.15) is 13.2 Å². The van der Waals surface area contributed by atoms with Gasteiger partial charge in [-0.15, -0.1) is 0 Å². The molecule has 3 nitrogen and oxygen atoms in total. The van der Waals surface area contributed by atoms with Crippen LogP contribution in [0.2, 0.25) is 0 Å². The Morgan fingerprint density at radius 3 is 2.25 bits per heavy atom. The van der Waals surface area contributed by atoms with Crippen molar-refractivity contribution in [1.29, 1.82) is 0 Å². The lowest BCUT2D eigenvalue weighted by atomic mass is 10.0. The van der Waals surface area contributed by atoms with Gasteiger partial charge in [0.15, 0.2) is 0 Å². The third-order valence-electron chi connectivity index (χ3n) is 3.35. The lowest BCUT2D eigenvalue weighted by Crippen LogP contribution is -2.37. The molecule has 0 aliphatic rings. The number of anilines is 1. The smallest absolute Gasteiger partial charge is 0.324 e. The van der Waals surface area contributed by atoms with E-state index in [1.54, 1.807) is 12.1 Å². The van der Waals surface area contributed by atoms with E-state index in [0.717, 1.165) is 17.7 Å². The number of amides is 1. The molecule has 0 aromatic heterocycles. The van der Waals surface area contributed by atoms with E-state index in [1.807, 2.05) is 32.0 Å². The quantitative estimate of drug-likeness (QED) is 0.850. The minimum atomic E-state index is -4.45. The highest BCUT2D eigenvalue weighted by atomic mass is 19.4. The summed E-state index contributed by atoms with van der Waals surface area (Å²) < 4.78 is 38.3. The molecule has 0 saturated carbocycles. The average Bonchev–Trinajstić information content (AvgIpc) is 2.52. The van der Waals surface area contributed by atoms with E-state index in [1.165, 1.54) is 12.1 Å². The third kappa shape index (κ3) is 4.83. The molecule has 2 N–H and O–H groups in total. The van der Waals surface area contributed by atoms with Crippen LogP contribution in [0.4, 0.5) is 18.9 Å². The summed E-state index contributed by atoms with van der Waals surface area (Å²) in [6, 6.07) is 13.0. The monoisotopic (exact) mass is 336 g/mol. The van der Waals surface area contributed by atoms with Gasteiger partial charge in [-0.1, -0.05) is 36.4 Å². The summed E-state index contributed by atoms with van der Waals surface area (Å²) in [5.41, 5.74) is 0.0605. The second-order valence-electron chi connectivity index (χ2n) is 5.73. The van der Waals surface area contributed by atoms with Crippen LogP contribution in [0.5, 0.6) is 0 Å². The summed E-state index contributed by atoms with van der Waals surface area (Å²) in [5.74, 6) is -0.408. The maximum absolute atomic E-state index is 12.8. The van der Waals surface area contributed by atoms with Crippen LogP contribution in [-0.4, -0.2) is 11.9 Å². The molecular weight excluding hydrogens is 317 g/mol. The van der Waals surface area contributed by atoms with Gasteiger partial charge < -0.3 is 5.32 Å². The summed E-state index contributed by atoms with van der Waals surface area (Å²) in [6.07, 6.45) is -4.45. The first-order chi connectivity index (χ1) is 11.3. The van der Waals surface area contributed by atoms with E-state index in [9.17, 15) is 18.0 Å². The summed E-state index contributed by atoms with van der Waals surface area (Å²) in [4.78, 5) is 12.6. The number of nitrogens with one attached hydrogen (secondary N) is 2. The molecule has 2 aromatic carbocycles. The van der Waals surface area contributed by atoms with E-state index in [0.29, 0.717) is 0 Å². The molecule has 2 rings (SSSR count). The normalized spacial score (nSPS) is 12.9. The largest absolute Gasteiger partial charge is 0.416 e. The van der Waals surface area contributed by atoms with Crippen molar-refractivity contribution >= 4 is 11.6 Å². The van der Waals surface area contributed by atoms with Crippen LogP contribution in [0.15, 0.2) is 54.6 Å². The number of halogens is 3. The molecule has 2 aromatic rings. The standard InChI is InChI=1S/C18H19F3N2O/c1-12(2)22-16(13-7-4-3-5-8-13)17(24)23-15-10-6-9-14(11-15)18(19,20)21/h3-12,16,22H,1-2H3,(H,23,24). The van der Waals surface area contributed by atoms with Gasteiger partial charge in [0.1, 0.15) is 6.04 Å². The Balaban J connectivity index is 2.22. The van der Waals surface area contributed by atoms with Crippen molar-refractivity contribution in [3.05, 3.63) is 65.7 Å². The Bertz CT molecular complexity index is 684. The van der Waals surface area contributed by atoms with Crippen LogP contribution in [0, 0.1) is 0 Å². The maximum atomic E-state index is 12.8. The molecule has 0 radical (unpaired) electrons. The summed E-state index contributed by atoms with van der Waals surface area (Å²) in [7, 11) is 0. The number of carbonyl (C=O) groups is 1. The lowest BCUT2D eigenvalue weighted by Gasteiger charge is -2.21. The molecule has 1 atom stereocenters. The van der Waals surface area contributed by atoms with Gasteiger partial charge in [-0.3, -0.25) is 10.1 Å². The molecule has 0 aliphatic carbocycles. The highest BCUT2D eigenvalue weighted by molar-refractivity contribution is 5.95. The van der Waals surface area contributed by atoms with E-state index >= 15 is 0 Å². The molecule has 128 valence electrons. The number of carbonyl (C=O) groups excluding carboxylic acids is 1. The molecule has 0 aliphatic heterocycles. The first kappa shape index (κ1) is 18.0. The molecule has 0 bridgehead atoms. The number of benzene rings is 2. The van der Waals surface area contributed by atoms with Crippen LogP contribution in [0.3, 0.4) is 0 Å². The summed E-state index contributed by atoms with van der Waals surface area (Å²) >= 11 is 0. The maximum Gasteiger partial charge on any atom is 0.416 e. The number of alkyl halides is 3. The number of rotatable bonds is 5. The Kier molecular flexibility index (Phi) is 5.62. The SMILES string of the molecule is CC(C)NC(C(=O)Nc1cccc(C(F)(F)F)c1)c1ccccc1. The van der Waals surface area contributed by atoms with E-state index in [-0.39, 0.29) is 11.7 Å². The zero-order valence-electron chi connectivity index (χ0n) is 13.4. The van der Waals surface area contributed by atoms with Crippen LogP contribution < -0.4 is 10.6 Å². The van der Waals surface area contributed by atoms with Gasteiger partial charge in [0, 0.05) is 11.7 Å². The first-order valence-electron chi connectivity index (χ1n) is 7.56. The van der Waals surface area contributed by atoms with Gasteiger partial charge in [-0.05, 0) is 37.6 Å². The van der Waals surface area contributed by atoms with Crippen LogP contribution >= 0.6 is 0 Å². The first-order valence-corrected chi connectivity index (χ1v) is 7.56. The molecule has 24 heavy (non-hydrogen) atoms. The van der Waals surface area contributed by atoms with Crippen LogP contribution in [0.1, 0.15) is 31.0 Å². The highest BCUT2D eigenvalue weighted by Gasteiger charge is 2.30. The van der Waals surface area contributed by atoms with Crippen LogP contribution in [-0.2, 0) is 11.0 Å². The highest BCUT2D eigenvalue weighted by Crippen LogP contribution is 2.30. The predicted octanol–water partition coefficient (Wildman–Crippen LogP) is 4.38. The lowest BCUT2D eigenvalue weighted by molar-refractivity contribution is -0.137. The van der Waals surface area contributed by atoms with Crippen molar-refractivity contribution in [2.45, 2.75) is 32.1 Å². The molecule has 6 heteroatoms. The van der Waals surface area contributed by atoms with Crippen molar-refractivity contribution in [2.75, 3.05) is 5.32 Å². The molecule has 0 saturated heterocycles. The zero-order chi connectivity index (χ0) is 17.7. The molecule has 0 spiro atoms. The Morgan fingerprint density at radius 2 is 1.67 bits per heavy atom. The van der Waals surface area contributed by atoms with Crippen molar-refractivity contribution < 1.29 is 18.0 Å². The number of hydrogen-bond donors (Lipinski definition) is 2. The second-order valence-corrected chi connectivity index (χ2v) is 5.73. The average molecular weight is 336 g/mol. The fourth-order valence-corrected chi connectivity index (χ4v) is 2.29. The van der Waals surface area contributed by atoms with Gasteiger partial charge in [-0.25, -0.2) is 0 Å². The molecule has 1 unspecified atom stereocenters. The molecule has 0 fully saturated rings. The topological polar surface area (TPSA) is 41.1 Å².